The lowest BCUT2D eigenvalue weighted by Crippen LogP contribution is -2.60. The van der Waals surface area contributed by atoms with E-state index in [-0.39, 0.29) is 65.7 Å². The van der Waals surface area contributed by atoms with Gasteiger partial charge >= 0.3 is 0 Å². The van der Waals surface area contributed by atoms with Crippen LogP contribution in [0.1, 0.15) is 125 Å². The summed E-state index contributed by atoms with van der Waals surface area (Å²) in [6.45, 7) is 22.2. The van der Waals surface area contributed by atoms with Gasteiger partial charge in [0, 0.05) is 37.7 Å². The van der Waals surface area contributed by atoms with Crippen molar-refractivity contribution in [1.82, 2.24) is 41.7 Å². The molecule has 0 bridgehead atoms. The maximum Gasteiger partial charge on any atom is 0.252 e. The van der Waals surface area contributed by atoms with E-state index in [4.69, 9.17) is 0 Å². The first kappa shape index (κ1) is 51.1. The number of rotatable bonds is 11. The van der Waals surface area contributed by atoms with Gasteiger partial charge in [0.2, 0.25) is 29.5 Å². The minimum atomic E-state index is -0.639. The Labute approximate surface area is 376 Å². The van der Waals surface area contributed by atoms with Crippen molar-refractivity contribution in [2.75, 3.05) is 27.2 Å². The van der Waals surface area contributed by atoms with Gasteiger partial charge in [-0.1, -0.05) is 91.8 Å². The third-order valence-electron chi connectivity index (χ3n) is 13.4. The normalized spacial score (nSPS) is 24.6. The number of likely N-dealkylation sites (N-methyl/N-ethyl adjacent to an activating group) is 2. The van der Waals surface area contributed by atoms with E-state index >= 15 is 0 Å². The van der Waals surface area contributed by atoms with Crippen molar-refractivity contribution in [3.8, 4) is 0 Å². The molecule has 2 heterocycles. The topological polar surface area (TPSA) is 181 Å². The Morgan fingerprint density at radius 1 is 0.603 bits per heavy atom. The van der Waals surface area contributed by atoms with Crippen LogP contribution < -0.4 is 31.9 Å². The first-order valence-electron chi connectivity index (χ1n) is 23.3. The summed E-state index contributed by atoms with van der Waals surface area (Å²) in [7, 11) is 3.45. The summed E-state index contributed by atoms with van der Waals surface area (Å²) in [6.07, 6.45) is 5.65. The molecule has 2 aliphatic carbocycles. The van der Waals surface area contributed by atoms with Crippen LogP contribution in [0.5, 0.6) is 0 Å². The lowest BCUT2D eigenvalue weighted by atomic mass is 9.85. The van der Waals surface area contributed by atoms with E-state index < -0.39 is 29.0 Å². The van der Waals surface area contributed by atoms with Crippen LogP contribution in [-0.4, -0.2) is 121 Å². The third kappa shape index (κ3) is 12.2. The van der Waals surface area contributed by atoms with Crippen molar-refractivity contribution < 1.29 is 28.8 Å². The lowest BCUT2D eigenvalue weighted by molar-refractivity contribution is -0.141. The molecule has 4 fully saturated rings. The Kier molecular flexibility index (Phi) is 17.7. The van der Waals surface area contributed by atoms with E-state index in [2.05, 4.69) is 31.9 Å². The molecule has 63 heavy (non-hydrogen) atoms. The number of benzene rings is 2. The molecule has 350 valence electrons. The first-order valence-corrected chi connectivity index (χ1v) is 23.3. The molecule has 2 aromatic carbocycles. The van der Waals surface area contributed by atoms with E-state index in [1.807, 2.05) is 108 Å². The molecule has 14 nitrogen and oxygen atoms in total. The molecule has 14 heteroatoms. The number of hydrogen-bond donors (Lipinski definition) is 6. The number of nitrogens with one attached hydrogen (secondary N) is 6. The summed E-state index contributed by atoms with van der Waals surface area (Å²) in [5.41, 5.74) is -0.192. The van der Waals surface area contributed by atoms with E-state index in [0.717, 1.165) is 49.3 Å². The molecular formula is C49H78N8O6. The summed E-state index contributed by atoms with van der Waals surface area (Å²) in [5.74, 6) is 0.165. The zero-order chi connectivity index (χ0) is 47.0. The van der Waals surface area contributed by atoms with Crippen molar-refractivity contribution >= 4 is 46.2 Å². The zero-order valence-corrected chi connectivity index (χ0v) is 40.3. The van der Waals surface area contributed by atoms with Gasteiger partial charge in [-0.2, -0.15) is 0 Å². The molecular weight excluding hydrogens is 797 g/mol. The monoisotopic (exact) mass is 875 g/mol. The molecule has 2 saturated heterocycles. The Morgan fingerprint density at radius 2 is 1.03 bits per heavy atom. The van der Waals surface area contributed by atoms with Crippen molar-refractivity contribution in [3.63, 3.8) is 0 Å². The standard InChI is InChI=1S/C28H38N4O3.C19H34N4O3.C2H6/c1-17(29-5)25(33)31-24(28(2,3)4)27(35)32-16-15-19-13-14-22(23(19)32)30-26(34)21-12-8-10-18-9-6-7-11-20(18)21;1-11(20-6)17(25)22-16(19(3,4)5)18(26)23-10-9-13-7-8-14(15(13)23)21-12(2)24;1-2/h6-12,17,19,22-24,29H,13-16H2,1-5H3,(H,30,34)(H,31,33);11,13-16,20H,7-10H2,1-6H3,(H,21,24)(H,22,25);1-2H3/t17-,19+,22-,23-,24+;11-,13+,14-,15-,16+;/m00./s1. The summed E-state index contributed by atoms with van der Waals surface area (Å²) in [6, 6.07) is 11.6. The summed E-state index contributed by atoms with van der Waals surface area (Å²) >= 11 is 0. The Bertz CT molecular complexity index is 1920. The van der Waals surface area contributed by atoms with E-state index in [1.54, 1.807) is 27.9 Å². The molecule has 4 aliphatic rings. The van der Waals surface area contributed by atoms with Gasteiger partial charge in [0.25, 0.3) is 5.91 Å². The van der Waals surface area contributed by atoms with Gasteiger partial charge in [-0.05, 0) is 106 Å². The van der Waals surface area contributed by atoms with E-state index in [1.165, 1.54) is 6.92 Å². The molecule has 0 spiro atoms. The predicted molar refractivity (Wildman–Crippen MR) is 250 cm³/mol. The average Bonchev–Trinajstić information content (AvgIpc) is 4.05. The molecule has 6 amide bonds. The molecule has 2 aliphatic heterocycles. The van der Waals surface area contributed by atoms with Crippen LogP contribution >= 0.6 is 0 Å². The SMILES string of the molecule is CC.CN[C@@H](C)C(=O)N[C@H](C(=O)N1CC[C@H]2CC[C@H](NC(=O)c3cccc4ccccc34)[C@H]21)C(C)(C)C.CN[C@@H](C)C(=O)N[C@H](C(=O)N1CC[C@H]2CC[C@H](NC(C)=O)[C@H]21)C(C)(C)C. The molecule has 10 atom stereocenters. The first-order chi connectivity index (χ1) is 29.7. The van der Waals surface area contributed by atoms with Crippen molar-refractivity contribution in [3.05, 3.63) is 48.0 Å². The number of carbonyl (C=O) groups excluding carboxylic acids is 6. The predicted octanol–water partition coefficient (Wildman–Crippen LogP) is 4.75. The van der Waals surface area contributed by atoms with Gasteiger partial charge in [0.05, 0.1) is 24.2 Å². The van der Waals surface area contributed by atoms with Gasteiger partial charge in [-0.25, -0.2) is 0 Å². The minimum absolute atomic E-state index is 0.0106. The molecule has 0 unspecified atom stereocenters. The maximum absolute atomic E-state index is 13.8. The lowest BCUT2D eigenvalue weighted by Gasteiger charge is -2.38. The summed E-state index contributed by atoms with van der Waals surface area (Å²) in [5, 5.41) is 20.0. The Morgan fingerprint density at radius 3 is 1.46 bits per heavy atom. The number of likely N-dealkylation sites (tertiary alicyclic amines) is 2. The van der Waals surface area contributed by atoms with Gasteiger partial charge < -0.3 is 41.7 Å². The number of carbonyl (C=O) groups is 6. The highest BCUT2D eigenvalue weighted by Crippen LogP contribution is 2.41. The fourth-order valence-electron chi connectivity index (χ4n) is 9.79. The second-order valence-electron chi connectivity index (χ2n) is 19.8. The molecule has 6 N–H and O–H groups in total. The van der Waals surface area contributed by atoms with Crippen molar-refractivity contribution in [2.45, 2.75) is 163 Å². The number of nitrogens with zero attached hydrogens (tertiary/aromatic N) is 2. The highest BCUT2D eigenvalue weighted by molar-refractivity contribution is 6.07. The van der Waals surface area contributed by atoms with Crippen LogP contribution in [0.15, 0.2) is 42.5 Å². The van der Waals surface area contributed by atoms with Crippen LogP contribution in [0.4, 0.5) is 0 Å². The largest absolute Gasteiger partial charge is 0.352 e. The Balaban J connectivity index is 0.000000278. The fraction of sp³-hybridized carbons (Fsp3) is 0.673. The highest BCUT2D eigenvalue weighted by atomic mass is 16.2. The second-order valence-corrected chi connectivity index (χ2v) is 19.8. The summed E-state index contributed by atoms with van der Waals surface area (Å²) in [4.78, 5) is 81.0. The molecule has 0 aromatic heterocycles. The Hall–Kier alpha value is -4.56. The highest BCUT2D eigenvalue weighted by Gasteiger charge is 2.51. The number of fused-ring (bicyclic) bond motifs is 3. The van der Waals surface area contributed by atoms with Crippen LogP contribution in [0.3, 0.4) is 0 Å². The van der Waals surface area contributed by atoms with Gasteiger partial charge in [-0.3, -0.25) is 28.8 Å². The third-order valence-corrected chi connectivity index (χ3v) is 13.4. The number of amides is 6. The van der Waals surface area contributed by atoms with Crippen molar-refractivity contribution in [2.24, 2.45) is 22.7 Å². The quantitative estimate of drug-likeness (QED) is 0.187. The van der Waals surface area contributed by atoms with Crippen molar-refractivity contribution in [1.29, 1.82) is 0 Å². The molecule has 2 aromatic rings. The van der Waals surface area contributed by atoms with E-state index in [9.17, 15) is 28.8 Å². The van der Waals surface area contributed by atoms with Gasteiger partial charge in [0.1, 0.15) is 12.1 Å². The van der Waals surface area contributed by atoms with Crippen LogP contribution in [0.25, 0.3) is 10.8 Å². The number of hydrogen-bond acceptors (Lipinski definition) is 8. The fourth-order valence-corrected chi connectivity index (χ4v) is 9.79. The van der Waals surface area contributed by atoms with Gasteiger partial charge in [0.15, 0.2) is 0 Å². The minimum Gasteiger partial charge on any atom is -0.352 e. The average molecular weight is 875 g/mol. The molecule has 0 radical (unpaired) electrons. The molecule has 6 rings (SSSR count). The molecule has 2 saturated carbocycles. The zero-order valence-electron chi connectivity index (χ0n) is 40.3. The van der Waals surface area contributed by atoms with Crippen LogP contribution in [-0.2, 0) is 24.0 Å². The van der Waals surface area contributed by atoms with Gasteiger partial charge in [-0.15, -0.1) is 0 Å². The maximum atomic E-state index is 13.8. The van der Waals surface area contributed by atoms with E-state index in [0.29, 0.717) is 30.5 Å². The smallest absolute Gasteiger partial charge is 0.252 e. The summed E-state index contributed by atoms with van der Waals surface area (Å²) < 4.78 is 0. The van der Waals surface area contributed by atoms with Crippen LogP contribution in [0, 0.1) is 22.7 Å². The van der Waals surface area contributed by atoms with Crippen LogP contribution in [0.2, 0.25) is 0 Å². The second kappa shape index (κ2) is 21.9.